The number of nitrogens with one attached hydrogen (secondary N) is 3. The molecule has 0 aromatic carbocycles. The summed E-state index contributed by atoms with van der Waals surface area (Å²) in [5.74, 6) is 0.822. The molecule has 0 aliphatic heterocycles. The van der Waals surface area contributed by atoms with E-state index >= 15 is 0 Å². The van der Waals surface area contributed by atoms with Crippen molar-refractivity contribution < 1.29 is 0 Å². The van der Waals surface area contributed by atoms with E-state index in [4.69, 9.17) is 0 Å². The number of halogens is 1. The van der Waals surface area contributed by atoms with Gasteiger partial charge in [-0.05, 0) is 32.0 Å². The standard InChI is InChI=1S/C13H19N5S.HI/c1-3-14-13(15-8-11-6-7-17-18-11)16-9-12-5-4-10(2)19-12;/h4-7H,3,8-9H2,1-2H3,(H,17,18)(H2,14,15,16);1H. The van der Waals surface area contributed by atoms with Crippen LogP contribution in [0.5, 0.6) is 0 Å². The van der Waals surface area contributed by atoms with Crippen LogP contribution in [0.1, 0.15) is 22.4 Å². The van der Waals surface area contributed by atoms with Crippen molar-refractivity contribution in [3.8, 4) is 0 Å². The van der Waals surface area contributed by atoms with Crippen molar-refractivity contribution >= 4 is 41.3 Å². The first kappa shape index (κ1) is 17.0. The third-order valence-corrected chi connectivity index (χ3v) is 3.54. The Hall–Kier alpha value is -1.09. The molecule has 0 bridgehead atoms. The molecule has 0 saturated carbocycles. The molecule has 0 fully saturated rings. The van der Waals surface area contributed by atoms with Crippen LogP contribution in [-0.2, 0) is 13.1 Å². The van der Waals surface area contributed by atoms with Gasteiger partial charge in [0.05, 0.1) is 18.8 Å². The predicted molar refractivity (Wildman–Crippen MR) is 94.7 cm³/mol. The lowest BCUT2D eigenvalue weighted by Crippen LogP contribution is -2.36. The molecule has 0 aliphatic rings. The average Bonchev–Trinajstić information content (AvgIpc) is 3.04. The summed E-state index contributed by atoms with van der Waals surface area (Å²) >= 11 is 1.80. The van der Waals surface area contributed by atoms with Gasteiger partial charge in [0.25, 0.3) is 0 Å². The Bertz CT molecular complexity index is 521. The van der Waals surface area contributed by atoms with Crippen LogP contribution in [0.4, 0.5) is 0 Å². The first-order valence-electron chi connectivity index (χ1n) is 6.33. The lowest BCUT2D eigenvalue weighted by atomic mass is 10.4. The van der Waals surface area contributed by atoms with Gasteiger partial charge in [-0.25, -0.2) is 4.99 Å². The number of guanidine groups is 1. The van der Waals surface area contributed by atoms with Crippen LogP contribution in [0.15, 0.2) is 29.4 Å². The number of rotatable bonds is 5. The van der Waals surface area contributed by atoms with Gasteiger partial charge in [-0.2, -0.15) is 5.10 Å². The minimum Gasteiger partial charge on any atom is -0.357 e. The molecule has 5 nitrogen and oxygen atoms in total. The second-order valence-electron chi connectivity index (χ2n) is 4.14. The zero-order valence-electron chi connectivity index (χ0n) is 11.6. The molecule has 2 heterocycles. The number of nitrogens with zero attached hydrogens (tertiary/aromatic N) is 2. The molecule has 2 aromatic rings. The van der Waals surface area contributed by atoms with E-state index in [0.29, 0.717) is 6.54 Å². The van der Waals surface area contributed by atoms with E-state index in [1.165, 1.54) is 9.75 Å². The molecule has 20 heavy (non-hydrogen) atoms. The fourth-order valence-electron chi connectivity index (χ4n) is 1.63. The quantitative estimate of drug-likeness (QED) is 0.407. The van der Waals surface area contributed by atoms with Crippen LogP contribution in [0, 0.1) is 6.92 Å². The SMILES string of the molecule is CCNC(=NCc1ccn[nH]1)NCc1ccc(C)s1.I. The minimum atomic E-state index is 0. The van der Waals surface area contributed by atoms with Crippen molar-refractivity contribution in [3.63, 3.8) is 0 Å². The van der Waals surface area contributed by atoms with Gasteiger partial charge in [-0.3, -0.25) is 5.10 Å². The number of aryl methyl sites for hydroxylation is 1. The van der Waals surface area contributed by atoms with Gasteiger partial charge in [0.15, 0.2) is 5.96 Å². The average molecular weight is 405 g/mol. The lowest BCUT2D eigenvalue weighted by molar-refractivity contribution is 0.817. The van der Waals surface area contributed by atoms with Crippen LogP contribution in [-0.4, -0.2) is 22.7 Å². The molecular weight excluding hydrogens is 385 g/mol. The topological polar surface area (TPSA) is 65.1 Å². The molecular formula is C13H20IN5S. The summed E-state index contributed by atoms with van der Waals surface area (Å²) in [6.07, 6.45) is 1.74. The van der Waals surface area contributed by atoms with Crippen LogP contribution >= 0.6 is 35.3 Å². The highest BCUT2D eigenvalue weighted by molar-refractivity contribution is 14.0. The molecule has 0 aliphatic carbocycles. The largest absolute Gasteiger partial charge is 0.357 e. The summed E-state index contributed by atoms with van der Waals surface area (Å²) < 4.78 is 0. The van der Waals surface area contributed by atoms with Crippen molar-refractivity contribution in [1.29, 1.82) is 0 Å². The lowest BCUT2D eigenvalue weighted by Gasteiger charge is -2.10. The number of hydrogen-bond acceptors (Lipinski definition) is 3. The van der Waals surface area contributed by atoms with E-state index < -0.39 is 0 Å². The van der Waals surface area contributed by atoms with E-state index in [1.54, 1.807) is 17.5 Å². The second-order valence-corrected chi connectivity index (χ2v) is 5.52. The smallest absolute Gasteiger partial charge is 0.191 e. The molecule has 2 aromatic heterocycles. The highest BCUT2D eigenvalue weighted by Crippen LogP contribution is 2.14. The Labute approximate surface area is 140 Å². The van der Waals surface area contributed by atoms with Crippen molar-refractivity contribution in [2.75, 3.05) is 6.54 Å². The molecule has 0 atom stereocenters. The Kier molecular flexibility index (Phi) is 7.60. The predicted octanol–water partition coefficient (Wildman–Crippen LogP) is 2.65. The van der Waals surface area contributed by atoms with Crippen molar-refractivity contribution in [2.24, 2.45) is 4.99 Å². The molecule has 2 rings (SSSR count). The van der Waals surface area contributed by atoms with Crippen LogP contribution in [0.3, 0.4) is 0 Å². The molecule has 3 N–H and O–H groups in total. The molecule has 7 heteroatoms. The summed E-state index contributed by atoms with van der Waals surface area (Å²) in [5.41, 5.74) is 1.00. The fraction of sp³-hybridized carbons (Fsp3) is 0.385. The zero-order chi connectivity index (χ0) is 13.5. The van der Waals surface area contributed by atoms with Gasteiger partial charge in [0.2, 0.25) is 0 Å². The summed E-state index contributed by atoms with van der Waals surface area (Å²) in [6.45, 7) is 6.42. The van der Waals surface area contributed by atoms with Gasteiger partial charge in [0.1, 0.15) is 0 Å². The van der Waals surface area contributed by atoms with E-state index in [0.717, 1.165) is 24.7 Å². The van der Waals surface area contributed by atoms with Crippen molar-refractivity contribution in [1.82, 2.24) is 20.8 Å². The number of thiophene rings is 1. The van der Waals surface area contributed by atoms with Crippen LogP contribution < -0.4 is 10.6 Å². The summed E-state index contributed by atoms with van der Waals surface area (Å²) in [7, 11) is 0. The van der Waals surface area contributed by atoms with E-state index in [9.17, 15) is 0 Å². The number of aromatic amines is 1. The van der Waals surface area contributed by atoms with Gasteiger partial charge in [-0.1, -0.05) is 0 Å². The van der Waals surface area contributed by atoms with Gasteiger partial charge >= 0.3 is 0 Å². The molecule has 110 valence electrons. The molecule has 0 radical (unpaired) electrons. The first-order chi connectivity index (χ1) is 9.28. The maximum atomic E-state index is 4.51. The second kappa shape index (κ2) is 8.96. The van der Waals surface area contributed by atoms with E-state index in [1.807, 2.05) is 6.07 Å². The number of aromatic nitrogens is 2. The molecule has 0 unspecified atom stereocenters. The summed E-state index contributed by atoms with van der Waals surface area (Å²) in [6, 6.07) is 6.21. The number of hydrogen-bond donors (Lipinski definition) is 3. The molecule has 0 spiro atoms. The Morgan fingerprint density at radius 2 is 2.20 bits per heavy atom. The maximum Gasteiger partial charge on any atom is 0.191 e. The maximum absolute atomic E-state index is 4.51. The third-order valence-electron chi connectivity index (χ3n) is 2.54. The number of aliphatic imine (C=N–C) groups is 1. The van der Waals surface area contributed by atoms with E-state index in [2.05, 4.69) is 51.8 Å². The van der Waals surface area contributed by atoms with Gasteiger partial charge in [0, 0.05) is 22.5 Å². The number of H-pyrrole nitrogens is 1. The Balaban J connectivity index is 0.00000200. The Morgan fingerprint density at radius 3 is 2.80 bits per heavy atom. The zero-order valence-corrected chi connectivity index (χ0v) is 14.8. The van der Waals surface area contributed by atoms with Crippen molar-refractivity contribution in [3.05, 3.63) is 39.8 Å². The molecule has 0 saturated heterocycles. The highest BCUT2D eigenvalue weighted by Gasteiger charge is 2.00. The normalized spacial score (nSPS) is 11.0. The third kappa shape index (κ3) is 5.49. The highest BCUT2D eigenvalue weighted by atomic mass is 127. The first-order valence-corrected chi connectivity index (χ1v) is 7.15. The van der Waals surface area contributed by atoms with Gasteiger partial charge < -0.3 is 10.6 Å². The summed E-state index contributed by atoms with van der Waals surface area (Å²) in [4.78, 5) is 7.15. The van der Waals surface area contributed by atoms with Crippen LogP contribution in [0.2, 0.25) is 0 Å². The fourth-order valence-corrected chi connectivity index (χ4v) is 2.46. The minimum absolute atomic E-state index is 0. The summed E-state index contributed by atoms with van der Waals surface area (Å²) in [5, 5.41) is 13.4. The monoisotopic (exact) mass is 405 g/mol. The van der Waals surface area contributed by atoms with Crippen molar-refractivity contribution in [2.45, 2.75) is 26.9 Å². The van der Waals surface area contributed by atoms with E-state index in [-0.39, 0.29) is 24.0 Å². The van der Waals surface area contributed by atoms with Gasteiger partial charge in [-0.15, -0.1) is 35.3 Å². The van der Waals surface area contributed by atoms with Crippen LogP contribution in [0.25, 0.3) is 0 Å². The molecule has 0 amide bonds. The Morgan fingerprint density at radius 1 is 1.35 bits per heavy atom.